The van der Waals surface area contributed by atoms with Gasteiger partial charge >= 0.3 is 0 Å². The van der Waals surface area contributed by atoms with Crippen LogP contribution in [0.3, 0.4) is 0 Å². The molecule has 15 heavy (non-hydrogen) atoms. The zero-order chi connectivity index (χ0) is 10.8. The second kappa shape index (κ2) is 4.24. The molecule has 0 saturated carbocycles. The highest BCUT2D eigenvalue weighted by Gasteiger charge is 2.12. The molecule has 0 aliphatic heterocycles. The number of hydrogen-bond donors (Lipinski definition) is 0. The SMILES string of the molecule is CC(C)C(Cl)c1ccc2ccccc2c1. The second-order valence-electron chi connectivity index (χ2n) is 4.25. The fourth-order valence-corrected chi connectivity index (χ4v) is 1.90. The maximum atomic E-state index is 6.34. The van der Waals surface area contributed by atoms with Gasteiger partial charge in [-0.3, -0.25) is 0 Å². The molecule has 1 unspecified atom stereocenters. The highest BCUT2D eigenvalue weighted by atomic mass is 35.5. The van der Waals surface area contributed by atoms with Gasteiger partial charge in [0.25, 0.3) is 0 Å². The molecule has 0 bridgehead atoms. The van der Waals surface area contributed by atoms with E-state index in [1.54, 1.807) is 0 Å². The first-order valence-electron chi connectivity index (χ1n) is 5.31. The largest absolute Gasteiger partial charge is 0.118 e. The standard InChI is InChI=1S/C14H15Cl/c1-10(2)14(15)13-8-7-11-5-3-4-6-12(11)9-13/h3-10,14H,1-2H3. The summed E-state index contributed by atoms with van der Waals surface area (Å²) < 4.78 is 0. The van der Waals surface area contributed by atoms with Crippen LogP contribution in [-0.4, -0.2) is 0 Å². The van der Waals surface area contributed by atoms with Crippen LogP contribution in [0.5, 0.6) is 0 Å². The van der Waals surface area contributed by atoms with E-state index in [9.17, 15) is 0 Å². The molecule has 0 radical (unpaired) electrons. The number of halogens is 1. The summed E-state index contributed by atoms with van der Waals surface area (Å²) in [5.41, 5.74) is 1.21. The lowest BCUT2D eigenvalue weighted by Gasteiger charge is -2.14. The summed E-state index contributed by atoms with van der Waals surface area (Å²) in [4.78, 5) is 0. The molecule has 0 aromatic heterocycles. The quantitative estimate of drug-likeness (QED) is 0.637. The Balaban J connectivity index is 2.47. The molecule has 78 valence electrons. The molecule has 2 aromatic rings. The Hall–Kier alpha value is -1.01. The fraction of sp³-hybridized carbons (Fsp3) is 0.286. The van der Waals surface area contributed by atoms with Crippen LogP contribution in [-0.2, 0) is 0 Å². The average molecular weight is 219 g/mol. The molecule has 1 heteroatoms. The van der Waals surface area contributed by atoms with Crippen molar-refractivity contribution in [2.45, 2.75) is 19.2 Å². The van der Waals surface area contributed by atoms with Crippen molar-refractivity contribution >= 4 is 22.4 Å². The van der Waals surface area contributed by atoms with Gasteiger partial charge in [-0.25, -0.2) is 0 Å². The summed E-state index contributed by atoms with van der Waals surface area (Å²) in [5.74, 6) is 0.466. The minimum absolute atomic E-state index is 0.106. The highest BCUT2D eigenvalue weighted by molar-refractivity contribution is 6.21. The molecule has 2 aromatic carbocycles. The van der Waals surface area contributed by atoms with Crippen molar-refractivity contribution in [3.8, 4) is 0 Å². The lowest BCUT2D eigenvalue weighted by molar-refractivity contribution is 0.624. The van der Waals surface area contributed by atoms with Crippen molar-refractivity contribution < 1.29 is 0 Å². The maximum absolute atomic E-state index is 6.34. The van der Waals surface area contributed by atoms with Crippen molar-refractivity contribution in [2.24, 2.45) is 5.92 Å². The van der Waals surface area contributed by atoms with Gasteiger partial charge < -0.3 is 0 Å². The summed E-state index contributed by atoms with van der Waals surface area (Å²) in [5, 5.41) is 2.64. The number of rotatable bonds is 2. The summed E-state index contributed by atoms with van der Waals surface area (Å²) in [6, 6.07) is 14.8. The first-order chi connectivity index (χ1) is 7.18. The summed E-state index contributed by atoms with van der Waals surface area (Å²) in [6.07, 6.45) is 0. The van der Waals surface area contributed by atoms with E-state index >= 15 is 0 Å². The molecular formula is C14H15Cl. The summed E-state index contributed by atoms with van der Waals surface area (Å²) in [7, 11) is 0. The Bertz CT molecular complexity index is 460. The van der Waals surface area contributed by atoms with Gasteiger partial charge in [0.15, 0.2) is 0 Å². The minimum Gasteiger partial charge on any atom is -0.118 e. The van der Waals surface area contributed by atoms with Gasteiger partial charge in [-0.15, -0.1) is 11.6 Å². The highest BCUT2D eigenvalue weighted by Crippen LogP contribution is 2.30. The molecule has 0 heterocycles. The molecule has 0 N–H and O–H groups in total. The van der Waals surface area contributed by atoms with Crippen LogP contribution in [0.15, 0.2) is 42.5 Å². The Labute approximate surface area is 95.9 Å². The zero-order valence-electron chi connectivity index (χ0n) is 9.07. The second-order valence-corrected chi connectivity index (χ2v) is 4.72. The van der Waals surface area contributed by atoms with Crippen LogP contribution in [0.25, 0.3) is 10.8 Å². The smallest absolute Gasteiger partial charge is 0.0608 e. The van der Waals surface area contributed by atoms with Gasteiger partial charge in [-0.05, 0) is 28.3 Å². The monoisotopic (exact) mass is 218 g/mol. The number of hydrogen-bond acceptors (Lipinski definition) is 0. The van der Waals surface area contributed by atoms with Crippen LogP contribution >= 0.6 is 11.6 Å². The lowest BCUT2D eigenvalue weighted by Crippen LogP contribution is -1.98. The van der Waals surface area contributed by atoms with E-state index < -0.39 is 0 Å². The third-order valence-corrected chi connectivity index (χ3v) is 3.43. The van der Waals surface area contributed by atoms with Gasteiger partial charge in [-0.2, -0.15) is 0 Å². The predicted molar refractivity (Wildman–Crippen MR) is 67.4 cm³/mol. The maximum Gasteiger partial charge on any atom is 0.0608 e. The molecule has 1 atom stereocenters. The minimum atomic E-state index is 0.106. The molecule has 0 aliphatic rings. The van der Waals surface area contributed by atoms with E-state index in [4.69, 9.17) is 11.6 Å². The molecule has 0 fully saturated rings. The van der Waals surface area contributed by atoms with Crippen LogP contribution in [0, 0.1) is 5.92 Å². The van der Waals surface area contributed by atoms with E-state index in [0.29, 0.717) is 5.92 Å². The van der Waals surface area contributed by atoms with Crippen molar-refractivity contribution in [2.75, 3.05) is 0 Å². The molecule has 0 aliphatic carbocycles. The third-order valence-electron chi connectivity index (χ3n) is 2.68. The normalized spacial score (nSPS) is 13.3. The molecule has 0 spiro atoms. The molecule has 0 nitrogen and oxygen atoms in total. The van der Waals surface area contributed by atoms with Crippen molar-refractivity contribution in [1.29, 1.82) is 0 Å². The van der Waals surface area contributed by atoms with E-state index in [-0.39, 0.29) is 5.38 Å². The third kappa shape index (κ3) is 2.15. The Morgan fingerprint density at radius 3 is 2.27 bits per heavy atom. The van der Waals surface area contributed by atoms with Gasteiger partial charge in [0.1, 0.15) is 0 Å². The summed E-state index contributed by atoms with van der Waals surface area (Å²) in [6.45, 7) is 4.29. The van der Waals surface area contributed by atoms with E-state index in [1.807, 2.05) is 0 Å². The van der Waals surface area contributed by atoms with Gasteiger partial charge in [0.05, 0.1) is 5.38 Å². The number of benzene rings is 2. The number of alkyl halides is 1. The van der Waals surface area contributed by atoms with E-state index in [2.05, 4.69) is 56.3 Å². The molecular weight excluding hydrogens is 204 g/mol. The first-order valence-corrected chi connectivity index (χ1v) is 5.75. The van der Waals surface area contributed by atoms with E-state index in [1.165, 1.54) is 16.3 Å². The van der Waals surface area contributed by atoms with Gasteiger partial charge in [-0.1, -0.05) is 50.2 Å². The van der Waals surface area contributed by atoms with Crippen molar-refractivity contribution in [1.82, 2.24) is 0 Å². The molecule has 2 rings (SSSR count). The first kappa shape index (κ1) is 10.5. The van der Waals surface area contributed by atoms with Gasteiger partial charge in [0, 0.05) is 0 Å². The Morgan fingerprint density at radius 2 is 1.60 bits per heavy atom. The lowest BCUT2D eigenvalue weighted by atomic mass is 9.99. The van der Waals surface area contributed by atoms with Crippen molar-refractivity contribution in [3.05, 3.63) is 48.0 Å². The molecule has 0 saturated heterocycles. The van der Waals surface area contributed by atoms with Crippen LogP contribution in [0.4, 0.5) is 0 Å². The van der Waals surface area contributed by atoms with Crippen LogP contribution in [0.1, 0.15) is 24.8 Å². The Morgan fingerprint density at radius 1 is 0.933 bits per heavy atom. The van der Waals surface area contributed by atoms with Gasteiger partial charge in [0.2, 0.25) is 0 Å². The predicted octanol–water partition coefficient (Wildman–Crippen LogP) is 4.78. The van der Waals surface area contributed by atoms with Crippen molar-refractivity contribution in [3.63, 3.8) is 0 Å². The zero-order valence-corrected chi connectivity index (χ0v) is 9.83. The van der Waals surface area contributed by atoms with Crippen LogP contribution < -0.4 is 0 Å². The van der Waals surface area contributed by atoms with Crippen LogP contribution in [0.2, 0.25) is 0 Å². The average Bonchev–Trinajstić information content (AvgIpc) is 2.27. The Kier molecular flexibility index (Phi) is 2.97. The topological polar surface area (TPSA) is 0 Å². The van der Waals surface area contributed by atoms with E-state index in [0.717, 1.165) is 0 Å². The summed E-state index contributed by atoms with van der Waals surface area (Å²) >= 11 is 6.34. The molecule has 0 amide bonds. The fourth-order valence-electron chi connectivity index (χ4n) is 1.76. The number of fused-ring (bicyclic) bond motifs is 1.